The molecule has 0 aromatic rings. The Bertz CT molecular complexity index is 236. The lowest BCUT2D eigenvalue weighted by Crippen LogP contribution is -2.29. The van der Waals surface area contributed by atoms with Gasteiger partial charge in [-0.1, -0.05) is 39.0 Å². The molecule has 0 N–H and O–H groups in total. The normalized spacial score (nSPS) is 28.9. The van der Waals surface area contributed by atoms with Crippen LogP contribution in [0.15, 0.2) is 0 Å². The maximum Gasteiger partial charge on any atom is 0.0689 e. The van der Waals surface area contributed by atoms with Crippen LogP contribution in [0.4, 0.5) is 0 Å². The lowest BCUT2D eigenvalue weighted by molar-refractivity contribution is 0.0399. The molecule has 0 unspecified atom stereocenters. The van der Waals surface area contributed by atoms with Gasteiger partial charge in [0, 0.05) is 7.11 Å². The average molecular weight is 237 g/mol. The molecule has 0 spiro atoms. The summed E-state index contributed by atoms with van der Waals surface area (Å²) >= 11 is 0. The van der Waals surface area contributed by atoms with E-state index in [1.54, 1.807) is 7.11 Å². The third kappa shape index (κ3) is 4.68. The Hall–Kier alpha value is -0.550. The van der Waals surface area contributed by atoms with Crippen LogP contribution in [0.5, 0.6) is 0 Å². The van der Waals surface area contributed by atoms with Gasteiger partial charge in [0.1, 0.15) is 0 Å². The Kier molecular flexibility index (Phi) is 6.58. The molecule has 0 radical (unpaired) electrons. The molecule has 17 heavy (non-hydrogen) atoms. The molecule has 2 heteroatoms. The lowest BCUT2D eigenvalue weighted by Gasteiger charge is -2.34. The third-order valence-corrected chi connectivity index (χ3v) is 4.22. The number of hydrogen-bond acceptors (Lipinski definition) is 2. The number of unbranched alkanes of at least 4 members (excludes halogenated alkanes) is 4. The van der Waals surface area contributed by atoms with Gasteiger partial charge >= 0.3 is 0 Å². The van der Waals surface area contributed by atoms with E-state index in [-0.39, 0.29) is 5.41 Å². The Morgan fingerprint density at radius 1 is 1.18 bits per heavy atom. The molecule has 0 amide bonds. The first kappa shape index (κ1) is 14.5. The second-order valence-corrected chi connectivity index (χ2v) is 5.49. The van der Waals surface area contributed by atoms with Gasteiger partial charge in [-0.3, -0.25) is 0 Å². The van der Waals surface area contributed by atoms with Crippen LogP contribution in [-0.2, 0) is 4.74 Å². The summed E-state index contributed by atoms with van der Waals surface area (Å²) in [5.74, 6) is 0. The largest absolute Gasteiger partial charge is 0.381 e. The highest BCUT2D eigenvalue weighted by atomic mass is 16.5. The smallest absolute Gasteiger partial charge is 0.0689 e. The van der Waals surface area contributed by atoms with Crippen molar-refractivity contribution in [2.24, 2.45) is 5.41 Å². The fraction of sp³-hybridized carbons (Fsp3) is 0.933. The minimum absolute atomic E-state index is 0.0265. The highest BCUT2D eigenvalue weighted by Gasteiger charge is 2.34. The molecule has 0 saturated heterocycles. The van der Waals surface area contributed by atoms with Crippen molar-refractivity contribution >= 4 is 0 Å². The molecule has 1 aliphatic carbocycles. The second kappa shape index (κ2) is 7.71. The van der Waals surface area contributed by atoms with Gasteiger partial charge in [0.25, 0.3) is 0 Å². The molecule has 0 atom stereocenters. The summed E-state index contributed by atoms with van der Waals surface area (Å²) < 4.78 is 5.38. The second-order valence-electron chi connectivity index (χ2n) is 5.49. The lowest BCUT2D eigenvalue weighted by atomic mass is 9.71. The zero-order valence-electron chi connectivity index (χ0n) is 11.5. The maximum absolute atomic E-state index is 9.41. The van der Waals surface area contributed by atoms with Crippen molar-refractivity contribution in [1.82, 2.24) is 0 Å². The van der Waals surface area contributed by atoms with Gasteiger partial charge in [-0.2, -0.15) is 5.26 Å². The Morgan fingerprint density at radius 3 is 2.35 bits per heavy atom. The molecule has 0 aromatic heterocycles. The molecule has 0 bridgehead atoms. The van der Waals surface area contributed by atoms with Gasteiger partial charge in [0.15, 0.2) is 0 Å². The van der Waals surface area contributed by atoms with E-state index in [0.29, 0.717) is 6.10 Å². The predicted molar refractivity (Wildman–Crippen MR) is 70.7 cm³/mol. The monoisotopic (exact) mass is 237 g/mol. The van der Waals surface area contributed by atoms with Crippen molar-refractivity contribution < 1.29 is 4.74 Å². The quantitative estimate of drug-likeness (QED) is 0.613. The third-order valence-electron chi connectivity index (χ3n) is 4.22. The standard InChI is InChI=1S/C15H27NO/c1-3-4-5-6-7-10-15(13-16)11-8-14(17-2)9-12-15/h14H,3-12H2,1-2H3. The molecule has 1 aliphatic rings. The van der Waals surface area contributed by atoms with E-state index in [2.05, 4.69) is 13.0 Å². The SMILES string of the molecule is CCCCCCCC1(C#N)CCC(OC)CC1. The van der Waals surface area contributed by atoms with E-state index in [1.165, 1.54) is 32.1 Å². The summed E-state index contributed by atoms with van der Waals surface area (Å²) in [6.45, 7) is 2.24. The number of nitriles is 1. The number of methoxy groups -OCH3 is 1. The minimum Gasteiger partial charge on any atom is -0.381 e. The molecule has 0 heterocycles. The van der Waals surface area contributed by atoms with Crippen LogP contribution in [0.2, 0.25) is 0 Å². The predicted octanol–water partition coefficient (Wildman–Crippen LogP) is 4.45. The Labute approximate surface area is 106 Å². The van der Waals surface area contributed by atoms with Gasteiger partial charge in [-0.15, -0.1) is 0 Å². The summed E-state index contributed by atoms with van der Waals surface area (Å²) in [7, 11) is 1.79. The van der Waals surface area contributed by atoms with Crippen LogP contribution in [0.25, 0.3) is 0 Å². The fourth-order valence-electron chi connectivity index (χ4n) is 2.86. The molecular formula is C15H27NO. The summed E-state index contributed by atoms with van der Waals surface area (Å²) in [4.78, 5) is 0. The van der Waals surface area contributed by atoms with E-state index in [0.717, 1.165) is 32.1 Å². The number of ether oxygens (including phenoxy) is 1. The van der Waals surface area contributed by atoms with Crippen molar-refractivity contribution in [3.63, 3.8) is 0 Å². The summed E-state index contributed by atoms with van der Waals surface area (Å²) in [5.41, 5.74) is -0.0265. The molecule has 1 fully saturated rings. The van der Waals surface area contributed by atoms with Crippen molar-refractivity contribution in [3.05, 3.63) is 0 Å². The number of hydrogen-bond donors (Lipinski definition) is 0. The van der Waals surface area contributed by atoms with Gasteiger partial charge in [-0.25, -0.2) is 0 Å². The first-order valence-electron chi connectivity index (χ1n) is 7.20. The van der Waals surface area contributed by atoms with Crippen molar-refractivity contribution in [2.75, 3.05) is 7.11 Å². The summed E-state index contributed by atoms with van der Waals surface area (Å²) in [6.07, 6.45) is 12.2. The number of nitrogens with zero attached hydrogens (tertiary/aromatic N) is 1. The highest BCUT2D eigenvalue weighted by Crippen LogP contribution is 2.40. The van der Waals surface area contributed by atoms with E-state index >= 15 is 0 Å². The van der Waals surface area contributed by atoms with E-state index in [4.69, 9.17) is 4.74 Å². The van der Waals surface area contributed by atoms with Crippen LogP contribution >= 0.6 is 0 Å². The first-order valence-corrected chi connectivity index (χ1v) is 7.20. The molecule has 0 aromatic carbocycles. The van der Waals surface area contributed by atoms with Gasteiger partial charge < -0.3 is 4.74 Å². The zero-order valence-corrected chi connectivity index (χ0v) is 11.5. The summed E-state index contributed by atoms with van der Waals surface area (Å²) in [5, 5.41) is 9.41. The topological polar surface area (TPSA) is 33.0 Å². The molecule has 1 rings (SSSR count). The minimum atomic E-state index is -0.0265. The average Bonchev–Trinajstić information content (AvgIpc) is 2.39. The van der Waals surface area contributed by atoms with E-state index in [9.17, 15) is 5.26 Å². The van der Waals surface area contributed by atoms with E-state index in [1.807, 2.05) is 0 Å². The van der Waals surface area contributed by atoms with Crippen molar-refractivity contribution in [2.45, 2.75) is 77.2 Å². The van der Waals surface area contributed by atoms with Crippen LogP contribution in [0.3, 0.4) is 0 Å². The first-order chi connectivity index (χ1) is 8.26. The zero-order chi connectivity index (χ0) is 12.6. The maximum atomic E-state index is 9.41. The number of rotatable bonds is 7. The van der Waals surface area contributed by atoms with Crippen LogP contribution in [-0.4, -0.2) is 13.2 Å². The molecule has 2 nitrogen and oxygen atoms in total. The molecular weight excluding hydrogens is 210 g/mol. The molecule has 1 saturated carbocycles. The van der Waals surface area contributed by atoms with Crippen LogP contribution in [0, 0.1) is 16.7 Å². The van der Waals surface area contributed by atoms with Crippen LogP contribution in [0.1, 0.15) is 71.1 Å². The summed E-state index contributed by atoms with van der Waals surface area (Å²) in [6, 6.07) is 2.60. The van der Waals surface area contributed by atoms with Gasteiger partial charge in [-0.05, 0) is 32.1 Å². The fourth-order valence-corrected chi connectivity index (χ4v) is 2.86. The van der Waals surface area contributed by atoms with Gasteiger partial charge in [0.05, 0.1) is 17.6 Å². The van der Waals surface area contributed by atoms with Crippen molar-refractivity contribution in [1.29, 1.82) is 5.26 Å². The molecule has 98 valence electrons. The van der Waals surface area contributed by atoms with Gasteiger partial charge in [0.2, 0.25) is 0 Å². The van der Waals surface area contributed by atoms with Crippen LogP contribution < -0.4 is 0 Å². The Morgan fingerprint density at radius 2 is 1.82 bits per heavy atom. The highest BCUT2D eigenvalue weighted by molar-refractivity contribution is 5.01. The molecule has 0 aliphatic heterocycles. The Balaban J connectivity index is 2.26. The van der Waals surface area contributed by atoms with Crippen molar-refractivity contribution in [3.8, 4) is 6.07 Å². The van der Waals surface area contributed by atoms with E-state index < -0.39 is 0 Å².